The van der Waals surface area contributed by atoms with Crippen LogP contribution in [0.1, 0.15) is 11.1 Å². The quantitative estimate of drug-likeness (QED) is 0.384. The highest BCUT2D eigenvalue weighted by Gasteiger charge is 2.06. The van der Waals surface area contributed by atoms with E-state index >= 15 is 0 Å². The van der Waals surface area contributed by atoms with E-state index in [9.17, 15) is 9.59 Å². The maximum Gasteiger partial charge on any atom is 0.307 e. The molecule has 2 aromatic heterocycles. The summed E-state index contributed by atoms with van der Waals surface area (Å²) in [6.07, 6.45) is 0. The number of hydrogen-bond donors (Lipinski definition) is 2. The molecule has 10 nitrogen and oxygen atoms in total. The van der Waals surface area contributed by atoms with E-state index in [0.717, 1.165) is 11.1 Å². The lowest BCUT2D eigenvalue weighted by atomic mass is 10.2. The third-order valence-corrected chi connectivity index (χ3v) is 5.08. The summed E-state index contributed by atoms with van der Waals surface area (Å²) in [4.78, 5) is 29.6. The monoisotopic (exact) mass is 560 g/mol. The van der Waals surface area contributed by atoms with Crippen molar-refractivity contribution in [3.8, 4) is 0 Å². The second kappa shape index (κ2) is 10.8. The van der Waals surface area contributed by atoms with Crippen LogP contribution >= 0.6 is 31.9 Å². The van der Waals surface area contributed by atoms with Gasteiger partial charge in [0.1, 0.15) is 0 Å². The normalized spacial score (nSPS) is 10.3. The standard InChI is InChI=1S/2C10H9BrN4O/c2*11-8-9(16)13-10(12)15(14-8)6-7-4-2-1-3-5-7/h2*1-5H,6H2,(H2,12,13,16). The molecule has 0 unspecified atom stereocenters. The van der Waals surface area contributed by atoms with Gasteiger partial charge in [-0.15, -0.1) is 0 Å². The predicted molar refractivity (Wildman–Crippen MR) is 128 cm³/mol. The van der Waals surface area contributed by atoms with Crippen molar-refractivity contribution in [1.29, 1.82) is 0 Å². The Bertz CT molecular complexity index is 1210. The Morgan fingerprint density at radius 2 is 1.00 bits per heavy atom. The van der Waals surface area contributed by atoms with Crippen LogP contribution in [0, 0.1) is 0 Å². The van der Waals surface area contributed by atoms with Gasteiger partial charge in [0.25, 0.3) is 0 Å². The molecule has 0 radical (unpaired) electrons. The number of halogens is 2. The Kier molecular flexibility index (Phi) is 7.84. The zero-order chi connectivity index (χ0) is 23.1. The number of hydrogen-bond acceptors (Lipinski definition) is 8. The second-order valence-electron chi connectivity index (χ2n) is 6.42. The first kappa shape index (κ1) is 23.3. The molecular formula is C20H18Br2N8O2. The van der Waals surface area contributed by atoms with E-state index in [2.05, 4.69) is 52.0 Å². The van der Waals surface area contributed by atoms with Crippen LogP contribution in [0.5, 0.6) is 0 Å². The van der Waals surface area contributed by atoms with Gasteiger partial charge in [-0.3, -0.25) is 9.59 Å². The van der Waals surface area contributed by atoms with Crippen LogP contribution in [0.2, 0.25) is 0 Å². The fraction of sp³-hybridized carbons (Fsp3) is 0.100. The van der Waals surface area contributed by atoms with Crippen molar-refractivity contribution in [3.05, 3.63) is 102 Å². The highest BCUT2D eigenvalue weighted by molar-refractivity contribution is 9.10. The molecule has 0 atom stereocenters. The largest absolute Gasteiger partial charge is 0.368 e. The minimum absolute atomic E-state index is 0.108. The number of anilines is 2. The third-order valence-electron chi connectivity index (χ3n) is 4.08. The minimum atomic E-state index is -0.457. The van der Waals surface area contributed by atoms with Crippen molar-refractivity contribution in [1.82, 2.24) is 29.5 Å². The Balaban J connectivity index is 0.000000181. The average molecular weight is 562 g/mol. The molecule has 4 aromatic rings. The molecule has 2 aromatic carbocycles. The van der Waals surface area contributed by atoms with Gasteiger partial charge in [-0.25, -0.2) is 9.36 Å². The topological polar surface area (TPSA) is 148 Å². The van der Waals surface area contributed by atoms with Gasteiger partial charge in [-0.05, 0) is 43.0 Å². The Hall–Kier alpha value is -3.38. The van der Waals surface area contributed by atoms with Crippen molar-refractivity contribution in [3.63, 3.8) is 0 Å². The SMILES string of the molecule is Nc1nc(=O)c(Br)nn1Cc1ccccc1.Nc1nc(=O)c(Br)nn1Cc1ccccc1. The number of benzene rings is 2. The molecule has 4 rings (SSSR count). The van der Waals surface area contributed by atoms with Crippen LogP contribution in [0.4, 0.5) is 11.9 Å². The summed E-state index contributed by atoms with van der Waals surface area (Å²) in [5, 5.41) is 8.00. The average Bonchev–Trinajstić information content (AvgIpc) is 2.78. The summed E-state index contributed by atoms with van der Waals surface area (Å²) < 4.78 is 3.28. The fourth-order valence-corrected chi connectivity index (χ4v) is 3.12. The molecule has 32 heavy (non-hydrogen) atoms. The number of nitrogens with two attached hydrogens (primary N) is 2. The summed E-state index contributed by atoms with van der Waals surface area (Å²) in [6.45, 7) is 0.969. The summed E-state index contributed by atoms with van der Waals surface area (Å²) >= 11 is 6.06. The molecule has 0 bridgehead atoms. The van der Waals surface area contributed by atoms with Gasteiger partial charge in [0, 0.05) is 0 Å². The molecule has 2 heterocycles. The maximum absolute atomic E-state index is 11.1. The fourth-order valence-electron chi connectivity index (χ4n) is 2.56. The van der Waals surface area contributed by atoms with Crippen LogP contribution < -0.4 is 22.6 Å². The van der Waals surface area contributed by atoms with E-state index in [-0.39, 0.29) is 21.1 Å². The number of rotatable bonds is 4. The number of nitrogens with zero attached hydrogens (tertiary/aromatic N) is 6. The highest BCUT2D eigenvalue weighted by atomic mass is 79.9. The Labute approximate surface area is 199 Å². The van der Waals surface area contributed by atoms with Crippen LogP contribution in [0.25, 0.3) is 0 Å². The molecule has 0 spiro atoms. The molecule has 0 aliphatic carbocycles. The van der Waals surface area contributed by atoms with E-state index in [1.54, 1.807) is 0 Å². The van der Waals surface area contributed by atoms with Gasteiger partial charge in [0.05, 0.1) is 13.1 Å². The second-order valence-corrected chi connectivity index (χ2v) is 7.92. The van der Waals surface area contributed by atoms with Crippen LogP contribution in [0.3, 0.4) is 0 Å². The van der Waals surface area contributed by atoms with Crippen molar-refractivity contribution < 1.29 is 0 Å². The smallest absolute Gasteiger partial charge is 0.307 e. The molecule has 0 aliphatic rings. The molecule has 0 saturated carbocycles. The number of aromatic nitrogens is 6. The van der Waals surface area contributed by atoms with E-state index in [0.29, 0.717) is 13.1 Å². The van der Waals surface area contributed by atoms with Crippen molar-refractivity contribution >= 4 is 43.8 Å². The molecule has 4 N–H and O–H groups in total. The maximum atomic E-state index is 11.1. The van der Waals surface area contributed by atoms with Crippen molar-refractivity contribution in [2.24, 2.45) is 0 Å². The molecule has 164 valence electrons. The first-order valence-electron chi connectivity index (χ1n) is 9.21. The van der Waals surface area contributed by atoms with Crippen LogP contribution in [-0.2, 0) is 13.1 Å². The zero-order valence-electron chi connectivity index (χ0n) is 16.6. The third kappa shape index (κ3) is 6.31. The molecular weight excluding hydrogens is 544 g/mol. The van der Waals surface area contributed by atoms with E-state index in [1.807, 2.05) is 60.7 Å². The van der Waals surface area contributed by atoms with Gasteiger partial charge in [-0.1, -0.05) is 60.7 Å². The lowest BCUT2D eigenvalue weighted by molar-refractivity contribution is 0.645. The van der Waals surface area contributed by atoms with Crippen LogP contribution in [0.15, 0.2) is 79.5 Å². The molecule has 0 fully saturated rings. The molecule has 12 heteroatoms. The minimum Gasteiger partial charge on any atom is -0.368 e. The van der Waals surface area contributed by atoms with Gasteiger partial charge >= 0.3 is 11.1 Å². The van der Waals surface area contributed by atoms with Gasteiger partial charge in [0.15, 0.2) is 9.21 Å². The van der Waals surface area contributed by atoms with E-state index < -0.39 is 11.1 Å². The summed E-state index contributed by atoms with van der Waals surface area (Å²) in [6, 6.07) is 19.4. The van der Waals surface area contributed by atoms with Gasteiger partial charge in [0.2, 0.25) is 11.9 Å². The lowest BCUT2D eigenvalue weighted by Crippen LogP contribution is -2.21. The molecule has 0 aliphatic heterocycles. The van der Waals surface area contributed by atoms with Gasteiger partial charge in [-0.2, -0.15) is 20.2 Å². The first-order valence-corrected chi connectivity index (χ1v) is 10.8. The first-order chi connectivity index (χ1) is 15.3. The zero-order valence-corrected chi connectivity index (χ0v) is 19.8. The summed E-state index contributed by atoms with van der Waals surface area (Å²) in [7, 11) is 0. The number of nitrogen functional groups attached to an aromatic ring is 2. The molecule has 0 saturated heterocycles. The van der Waals surface area contributed by atoms with E-state index in [4.69, 9.17) is 11.5 Å². The summed E-state index contributed by atoms with van der Waals surface area (Å²) in [5.74, 6) is 0.217. The Morgan fingerprint density at radius 3 is 1.34 bits per heavy atom. The summed E-state index contributed by atoms with van der Waals surface area (Å²) in [5.41, 5.74) is 12.4. The highest BCUT2D eigenvalue weighted by Crippen LogP contribution is 2.06. The van der Waals surface area contributed by atoms with Crippen LogP contribution in [-0.4, -0.2) is 29.5 Å². The van der Waals surface area contributed by atoms with Gasteiger partial charge < -0.3 is 11.5 Å². The predicted octanol–water partition coefficient (Wildman–Crippen LogP) is 2.06. The Morgan fingerprint density at radius 1 is 0.656 bits per heavy atom. The van der Waals surface area contributed by atoms with Crippen molar-refractivity contribution in [2.75, 3.05) is 11.5 Å². The van der Waals surface area contributed by atoms with Crippen molar-refractivity contribution in [2.45, 2.75) is 13.1 Å². The van der Waals surface area contributed by atoms with E-state index in [1.165, 1.54) is 9.36 Å². The molecule has 0 amide bonds. The lowest BCUT2D eigenvalue weighted by Gasteiger charge is -2.07.